The zero-order valence-corrected chi connectivity index (χ0v) is 10.3. The van der Waals surface area contributed by atoms with Gasteiger partial charge in [-0.2, -0.15) is 0 Å². The van der Waals surface area contributed by atoms with Crippen molar-refractivity contribution in [2.45, 2.75) is 13.3 Å². The molecule has 0 aromatic heterocycles. The van der Waals surface area contributed by atoms with Crippen molar-refractivity contribution in [3.8, 4) is 11.8 Å². The minimum atomic E-state index is -1.16. The highest BCUT2D eigenvalue weighted by Crippen LogP contribution is 2.28. The molecule has 0 atom stereocenters. The largest absolute Gasteiger partial charge is 0.472 e. The van der Waals surface area contributed by atoms with Crippen LogP contribution in [0.5, 0.6) is 0 Å². The first-order valence-electron chi connectivity index (χ1n) is 4.28. The molecular formula is C11H8BrClO2. The third-order valence-corrected chi connectivity index (χ3v) is 3.02. The van der Waals surface area contributed by atoms with Crippen LogP contribution in [0.1, 0.15) is 18.1 Å². The predicted octanol–water partition coefficient (Wildman–Crippen LogP) is 3.10. The van der Waals surface area contributed by atoms with E-state index in [0.29, 0.717) is 10.6 Å². The molecule has 15 heavy (non-hydrogen) atoms. The Labute approximate surface area is 101 Å². The van der Waals surface area contributed by atoms with Crippen LogP contribution in [0.25, 0.3) is 0 Å². The van der Waals surface area contributed by atoms with Crippen molar-refractivity contribution in [2.75, 3.05) is 0 Å². The Bertz CT molecular complexity index is 458. The first-order chi connectivity index (χ1) is 7.06. The predicted molar refractivity (Wildman–Crippen MR) is 63.0 cm³/mol. The fraction of sp³-hybridized carbons (Fsp3) is 0.182. The zero-order valence-electron chi connectivity index (χ0n) is 7.97. The summed E-state index contributed by atoms with van der Waals surface area (Å²) >= 11 is 9.44. The van der Waals surface area contributed by atoms with E-state index in [-0.39, 0.29) is 0 Å². The van der Waals surface area contributed by atoms with Crippen LogP contribution in [0.15, 0.2) is 16.6 Å². The lowest BCUT2D eigenvalue weighted by Gasteiger charge is -2.05. The molecule has 0 aliphatic carbocycles. The number of rotatable bonds is 1. The summed E-state index contributed by atoms with van der Waals surface area (Å²) in [7, 11) is 0. The van der Waals surface area contributed by atoms with E-state index in [0.717, 1.165) is 16.5 Å². The van der Waals surface area contributed by atoms with Crippen LogP contribution in [0, 0.1) is 11.8 Å². The summed E-state index contributed by atoms with van der Waals surface area (Å²) in [6.07, 6.45) is 0.766. The quantitative estimate of drug-likeness (QED) is 0.806. The lowest BCUT2D eigenvalue weighted by molar-refractivity contribution is -0.130. The zero-order chi connectivity index (χ0) is 11.4. The van der Waals surface area contributed by atoms with Gasteiger partial charge in [-0.15, -0.1) is 0 Å². The molecule has 1 rings (SSSR count). The second kappa shape index (κ2) is 5.20. The highest BCUT2D eigenvalue weighted by atomic mass is 79.9. The first-order valence-corrected chi connectivity index (χ1v) is 5.45. The number of aliphatic carboxylic acids is 1. The second-order valence-electron chi connectivity index (χ2n) is 2.80. The summed E-state index contributed by atoms with van der Waals surface area (Å²) in [5.41, 5.74) is 1.48. The van der Waals surface area contributed by atoms with Crippen LogP contribution in [0.2, 0.25) is 5.02 Å². The molecule has 0 heterocycles. The van der Waals surface area contributed by atoms with E-state index >= 15 is 0 Å². The molecule has 0 saturated heterocycles. The van der Waals surface area contributed by atoms with E-state index in [1.807, 2.05) is 18.9 Å². The summed E-state index contributed by atoms with van der Waals surface area (Å²) in [5.74, 6) is 3.39. The van der Waals surface area contributed by atoms with Gasteiger partial charge in [-0.1, -0.05) is 40.4 Å². The standard InChI is InChI=1S/C11H8BrClO2/c1-2-8-9(12)5-3-7(11(8)13)4-6-10(14)15/h3,5H,2H2,1H3,(H,14,15). The van der Waals surface area contributed by atoms with Crippen LogP contribution >= 0.6 is 27.5 Å². The normalized spacial score (nSPS) is 9.27. The number of carboxylic acids is 1. The van der Waals surface area contributed by atoms with Crippen molar-refractivity contribution in [1.82, 2.24) is 0 Å². The van der Waals surface area contributed by atoms with E-state index in [1.165, 1.54) is 0 Å². The molecule has 0 fully saturated rings. The van der Waals surface area contributed by atoms with E-state index in [1.54, 1.807) is 6.07 Å². The highest BCUT2D eigenvalue weighted by molar-refractivity contribution is 9.10. The Kier molecular flexibility index (Phi) is 4.19. The fourth-order valence-electron chi connectivity index (χ4n) is 1.14. The number of halogens is 2. The monoisotopic (exact) mass is 286 g/mol. The minimum absolute atomic E-state index is 0.514. The van der Waals surface area contributed by atoms with Gasteiger partial charge < -0.3 is 5.11 Å². The van der Waals surface area contributed by atoms with Crippen molar-refractivity contribution in [2.24, 2.45) is 0 Å². The molecule has 0 bridgehead atoms. The molecule has 0 saturated carbocycles. The van der Waals surface area contributed by atoms with E-state index in [9.17, 15) is 4.79 Å². The van der Waals surface area contributed by atoms with Gasteiger partial charge >= 0.3 is 5.97 Å². The molecule has 1 N–H and O–H groups in total. The van der Waals surface area contributed by atoms with Gasteiger partial charge in [-0.05, 0) is 24.1 Å². The molecule has 1 aromatic rings. The van der Waals surface area contributed by atoms with Crippen LogP contribution in [0.3, 0.4) is 0 Å². The van der Waals surface area contributed by atoms with E-state index in [4.69, 9.17) is 16.7 Å². The van der Waals surface area contributed by atoms with Crippen LogP contribution in [-0.4, -0.2) is 11.1 Å². The maximum Gasteiger partial charge on any atom is 0.382 e. The molecule has 0 aliphatic rings. The third kappa shape index (κ3) is 2.98. The Morgan fingerprint density at radius 1 is 1.60 bits per heavy atom. The summed E-state index contributed by atoms with van der Waals surface area (Å²) in [5, 5.41) is 8.94. The summed E-state index contributed by atoms with van der Waals surface area (Å²) < 4.78 is 0.913. The van der Waals surface area contributed by atoms with Crippen LogP contribution in [0.4, 0.5) is 0 Å². The van der Waals surface area contributed by atoms with Gasteiger partial charge in [0.15, 0.2) is 0 Å². The molecular weight excluding hydrogens is 279 g/mol. The molecule has 2 nitrogen and oxygen atoms in total. The van der Waals surface area contributed by atoms with Crippen molar-refractivity contribution in [1.29, 1.82) is 0 Å². The molecule has 0 amide bonds. The van der Waals surface area contributed by atoms with Crippen LogP contribution < -0.4 is 0 Å². The average Bonchev–Trinajstić information content (AvgIpc) is 2.17. The van der Waals surface area contributed by atoms with Crippen LogP contribution in [-0.2, 0) is 11.2 Å². The van der Waals surface area contributed by atoms with E-state index < -0.39 is 5.97 Å². The lowest BCUT2D eigenvalue weighted by Crippen LogP contribution is -1.91. The van der Waals surface area contributed by atoms with Gasteiger partial charge in [0.05, 0.1) is 5.02 Å². The SMILES string of the molecule is CCc1c(Br)ccc(C#CC(=O)O)c1Cl. The third-order valence-electron chi connectivity index (χ3n) is 1.84. The smallest absolute Gasteiger partial charge is 0.382 e. The Balaban J connectivity index is 3.24. The Morgan fingerprint density at radius 2 is 2.27 bits per heavy atom. The molecule has 0 unspecified atom stereocenters. The maximum atomic E-state index is 10.3. The Hall–Kier alpha value is -0.980. The highest BCUT2D eigenvalue weighted by Gasteiger charge is 2.07. The van der Waals surface area contributed by atoms with Gasteiger partial charge in [-0.3, -0.25) is 0 Å². The van der Waals surface area contributed by atoms with Gasteiger partial charge in [0.1, 0.15) is 0 Å². The van der Waals surface area contributed by atoms with Crippen molar-refractivity contribution < 1.29 is 9.90 Å². The topological polar surface area (TPSA) is 37.3 Å². The molecule has 78 valence electrons. The first kappa shape index (κ1) is 12.1. The molecule has 1 aromatic carbocycles. The summed E-state index contributed by atoms with van der Waals surface area (Å²) in [6, 6.07) is 3.51. The lowest BCUT2D eigenvalue weighted by atomic mass is 10.1. The number of carboxylic acid groups (broad SMARTS) is 1. The van der Waals surface area contributed by atoms with E-state index in [2.05, 4.69) is 21.9 Å². The number of carbonyl (C=O) groups is 1. The Morgan fingerprint density at radius 3 is 2.80 bits per heavy atom. The summed E-state index contributed by atoms with van der Waals surface area (Å²) in [4.78, 5) is 10.3. The van der Waals surface area contributed by atoms with Gasteiger partial charge in [0.2, 0.25) is 0 Å². The number of benzene rings is 1. The molecule has 4 heteroatoms. The minimum Gasteiger partial charge on any atom is -0.472 e. The summed E-state index contributed by atoms with van der Waals surface area (Å²) in [6.45, 7) is 1.97. The maximum absolute atomic E-state index is 10.3. The molecule has 0 aliphatic heterocycles. The van der Waals surface area contributed by atoms with Gasteiger partial charge in [-0.25, -0.2) is 4.79 Å². The molecule has 0 radical (unpaired) electrons. The van der Waals surface area contributed by atoms with Crippen molar-refractivity contribution >= 4 is 33.5 Å². The van der Waals surface area contributed by atoms with Gasteiger partial charge in [0, 0.05) is 16.0 Å². The number of hydrogen-bond acceptors (Lipinski definition) is 1. The van der Waals surface area contributed by atoms with Crippen molar-refractivity contribution in [3.05, 3.63) is 32.8 Å². The van der Waals surface area contributed by atoms with Crippen molar-refractivity contribution in [3.63, 3.8) is 0 Å². The van der Waals surface area contributed by atoms with Gasteiger partial charge in [0.25, 0.3) is 0 Å². The average molecular weight is 288 g/mol. The molecule has 0 spiro atoms. The number of hydrogen-bond donors (Lipinski definition) is 1. The second-order valence-corrected chi connectivity index (χ2v) is 4.03. The fourth-order valence-corrected chi connectivity index (χ4v) is 2.21.